The Morgan fingerprint density at radius 1 is 1.55 bits per heavy atom. The van der Waals surface area contributed by atoms with Crippen LogP contribution in [0.1, 0.15) is 21.7 Å². The van der Waals surface area contributed by atoms with Crippen LogP contribution in [0.4, 0.5) is 5.69 Å². The van der Waals surface area contributed by atoms with Gasteiger partial charge < -0.3 is 14.1 Å². The molecule has 0 amide bonds. The van der Waals surface area contributed by atoms with Crippen molar-refractivity contribution >= 4 is 11.7 Å². The van der Waals surface area contributed by atoms with Gasteiger partial charge in [0, 0.05) is 11.6 Å². The molecule has 20 heavy (non-hydrogen) atoms. The molecule has 0 aliphatic rings. The van der Waals surface area contributed by atoms with Crippen LogP contribution in [0.2, 0.25) is 0 Å². The number of rotatable bonds is 4. The standard InChI is InChI=1S/C12H10N2O6/c1-7-4-11(15)13(5-9(7)14(18)19)6-10-8(12(16)17)2-3-20-10/h2-5H,6H2,1H3,(H,16,17). The van der Waals surface area contributed by atoms with Crippen molar-refractivity contribution in [1.29, 1.82) is 0 Å². The predicted octanol–water partition coefficient (Wildman–Crippen LogP) is 1.40. The van der Waals surface area contributed by atoms with E-state index in [-0.39, 0.29) is 29.1 Å². The van der Waals surface area contributed by atoms with Crippen LogP contribution in [0.3, 0.4) is 0 Å². The summed E-state index contributed by atoms with van der Waals surface area (Å²) in [6.45, 7) is 1.27. The molecule has 2 heterocycles. The summed E-state index contributed by atoms with van der Waals surface area (Å²) in [6.07, 6.45) is 2.26. The van der Waals surface area contributed by atoms with Gasteiger partial charge in [-0.3, -0.25) is 14.9 Å². The van der Waals surface area contributed by atoms with Gasteiger partial charge in [0.2, 0.25) is 0 Å². The van der Waals surface area contributed by atoms with Crippen molar-refractivity contribution in [3.63, 3.8) is 0 Å². The van der Waals surface area contributed by atoms with Gasteiger partial charge in [-0.1, -0.05) is 0 Å². The van der Waals surface area contributed by atoms with E-state index in [4.69, 9.17) is 9.52 Å². The average molecular weight is 278 g/mol. The van der Waals surface area contributed by atoms with E-state index in [2.05, 4.69) is 0 Å². The second-order valence-corrected chi connectivity index (χ2v) is 4.13. The third-order valence-corrected chi connectivity index (χ3v) is 2.79. The lowest BCUT2D eigenvalue weighted by molar-refractivity contribution is -0.385. The number of aromatic nitrogens is 1. The van der Waals surface area contributed by atoms with Gasteiger partial charge in [-0.25, -0.2) is 4.79 Å². The molecule has 0 aromatic carbocycles. The topological polar surface area (TPSA) is 116 Å². The van der Waals surface area contributed by atoms with Crippen molar-refractivity contribution in [3.8, 4) is 0 Å². The fraction of sp³-hybridized carbons (Fsp3) is 0.167. The number of pyridine rings is 1. The summed E-state index contributed by atoms with van der Waals surface area (Å²) < 4.78 is 6.04. The van der Waals surface area contributed by atoms with Crippen LogP contribution < -0.4 is 5.56 Å². The van der Waals surface area contributed by atoms with Crippen LogP contribution >= 0.6 is 0 Å². The molecular weight excluding hydrogens is 268 g/mol. The van der Waals surface area contributed by atoms with Crippen LogP contribution in [-0.2, 0) is 6.54 Å². The predicted molar refractivity (Wildman–Crippen MR) is 66.9 cm³/mol. The number of carboxylic acid groups (broad SMARTS) is 1. The average Bonchev–Trinajstić information content (AvgIpc) is 2.80. The van der Waals surface area contributed by atoms with Crippen molar-refractivity contribution in [1.82, 2.24) is 4.57 Å². The summed E-state index contributed by atoms with van der Waals surface area (Å²) in [5, 5.41) is 19.8. The number of nitrogens with zero attached hydrogens (tertiary/aromatic N) is 2. The van der Waals surface area contributed by atoms with Gasteiger partial charge in [0.15, 0.2) is 0 Å². The normalized spacial score (nSPS) is 10.4. The molecule has 2 aromatic heterocycles. The van der Waals surface area contributed by atoms with Gasteiger partial charge >= 0.3 is 5.97 Å². The molecule has 0 saturated carbocycles. The van der Waals surface area contributed by atoms with E-state index in [0.717, 1.165) is 16.8 Å². The third kappa shape index (κ3) is 2.44. The first-order valence-electron chi connectivity index (χ1n) is 5.55. The number of carboxylic acids is 1. The molecule has 104 valence electrons. The highest BCUT2D eigenvalue weighted by atomic mass is 16.6. The Balaban J connectivity index is 2.46. The van der Waals surface area contributed by atoms with E-state index in [9.17, 15) is 19.7 Å². The van der Waals surface area contributed by atoms with Gasteiger partial charge in [-0.2, -0.15) is 0 Å². The highest BCUT2D eigenvalue weighted by Gasteiger charge is 2.17. The monoisotopic (exact) mass is 278 g/mol. The maximum Gasteiger partial charge on any atom is 0.339 e. The number of aromatic carboxylic acids is 1. The van der Waals surface area contributed by atoms with Gasteiger partial charge in [0.25, 0.3) is 11.2 Å². The molecule has 2 aromatic rings. The van der Waals surface area contributed by atoms with Gasteiger partial charge in [0.1, 0.15) is 11.3 Å². The zero-order chi connectivity index (χ0) is 14.9. The Labute approximate surface area is 112 Å². The van der Waals surface area contributed by atoms with Gasteiger partial charge in [-0.15, -0.1) is 0 Å². The van der Waals surface area contributed by atoms with E-state index in [1.165, 1.54) is 19.3 Å². The Kier molecular flexibility index (Phi) is 3.38. The molecule has 0 fully saturated rings. The molecule has 1 N–H and O–H groups in total. The van der Waals surface area contributed by atoms with Crippen molar-refractivity contribution in [3.05, 3.63) is 61.9 Å². The zero-order valence-corrected chi connectivity index (χ0v) is 10.4. The molecule has 0 saturated heterocycles. The van der Waals surface area contributed by atoms with Crippen LogP contribution in [0.25, 0.3) is 0 Å². The highest BCUT2D eigenvalue weighted by Crippen LogP contribution is 2.16. The number of hydrogen-bond acceptors (Lipinski definition) is 5. The van der Waals surface area contributed by atoms with Crippen LogP contribution in [0, 0.1) is 17.0 Å². The zero-order valence-electron chi connectivity index (χ0n) is 10.4. The summed E-state index contributed by atoms with van der Waals surface area (Å²) in [6, 6.07) is 2.38. The van der Waals surface area contributed by atoms with Crippen LogP contribution in [0.15, 0.2) is 33.8 Å². The van der Waals surface area contributed by atoms with E-state index in [0.29, 0.717) is 0 Å². The van der Waals surface area contributed by atoms with Crippen molar-refractivity contribution in [2.45, 2.75) is 13.5 Å². The number of hydrogen-bond donors (Lipinski definition) is 1. The summed E-state index contributed by atoms with van der Waals surface area (Å²) >= 11 is 0. The minimum atomic E-state index is -1.19. The number of furan rings is 1. The van der Waals surface area contributed by atoms with Gasteiger partial charge in [0.05, 0.1) is 23.9 Å². The first-order chi connectivity index (χ1) is 9.40. The lowest BCUT2D eigenvalue weighted by Crippen LogP contribution is -2.21. The smallest absolute Gasteiger partial charge is 0.339 e. The minimum Gasteiger partial charge on any atom is -0.478 e. The Bertz CT molecular complexity index is 743. The lowest BCUT2D eigenvalue weighted by atomic mass is 10.2. The van der Waals surface area contributed by atoms with E-state index in [1.54, 1.807) is 0 Å². The molecule has 0 atom stereocenters. The number of nitro groups is 1. The van der Waals surface area contributed by atoms with Crippen molar-refractivity contribution in [2.75, 3.05) is 0 Å². The molecule has 0 aliphatic heterocycles. The Morgan fingerprint density at radius 3 is 2.85 bits per heavy atom. The number of carbonyl (C=O) groups is 1. The van der Waals surface area contributed by atoms with Crippen LogP contribution in [-0.4, -0.2) is 20.6 Å². The number of aryl methyl sites for hydroxylation is 1. The molecular formula is C12H10N2O6. The molecule has 2 rings (SSSR count). The highest BCUT2D eigenvalue weighted by molar-refractivity contribution is 5.88. The quantitative estimate of drug-likeness (QED) is 0.667. The van der Waals surface area contributed by atoms with E-state index >= 15 is 0 Å². The second kappa shape index (κ2) is 5.00. The largest absolute Gasteiger partial charge is 0.478 e. The maximum absolute atomic E-state index is 11.8. The first-order valence-corrected chi connectivity index (χ1v) is 5.55. The van der Waals surface area contributed by atoms with Crippen molar-refractivity contribution < 1.29 is 19.2 Å². The van der Waals surface area contributed by atoms with Gasteiger partial charge in [-0.05, 0) is 13.0 Å². The Morgan fingerprint density at radius 2 is 2.25 bits per heavy atom. The fourth-order valence-electron chi connectivity index (χ4n) is 1.78. The molecule has 0 bridgehead atoms. The Hall–Kier alpha value is -2.90. The van der Waals surface area contributed by atoms with Crippen molar-refractivity contribution in [2.24, 2.45) is 0 Å². The van der Waals surface area contributed by atoms with E-state index in [1.807, 2.05) is 0 Å². The fourth-order valence-corrected chi connectivity index (χ4v) is 1.78. The summed E-state index contributed by atoms with van der Waals surface area (Å²) in [4.78, 5) is 32.9. The molecule has 0 radical (unpaired) electrons. The third-order valence-electron chi connectivity index (χ3n) is 2.79. The molecule has 8 nitrogen and oxygen atoms in total. The lowest BCUT2D eigenvalue weighted by Gasteiger charge is -2.05. The second-order valence-electron chi connectivity index (χ2n) is 4.13. The molecule has 0 spiro atoms. The summed E-state index contributed by atoms with van der Waals surface area (Å²) in [5.41, 5.74) is -0.525. The SMILES string of the molecule is Cc1cc(=O)n(Cc2occc2C(=O)O)cc1[N+](=O)[O-]. The summed E-state index contributed by atoms with van der Waals surface area (Å²) in [5.74, 6) is -1.14. The molecule has 8 heteroatoms. The molecule has 0 unspecified atom stereocenters. The minimum absolute atomic E-state index is 0.0535. The summed E-state index contributed by atoms with van der Waals surface area (Å²) in [7, 11) is 0. The molecule has 0 aliphatic carbocycles. The van der Waals surface area contributed by atoms with E-state index < -0.39 is 16.5 Å². The first kappa shape index (κ1) is 13.5. The van der Waals surface area contributed by atoms with Crippen LogP contribution in [0.5, 0.6) is 0 Å². The maximum atomic E-state index is 11.8.